The third kappa shape index (κ3) is 1.90. The maximum absolute atomic E-state index is 13.1. The number of H-pyrrole nitrogens is 1. The van der Waals surface area contributed by atoms with E-state index in [1.807, 2.05) is 0 Å². The van der Waals surface area contributed by atoms with Gasteiger partial charge in [0.25, 0.3) is 5.56 Å². The molecule has 28 heavy (non-hydrogen) atoms. The van der Waals surface area contributed by atoms with Crippen LogP contribution in [0.5, 0.6) is 0 Å². The number of ether oxygens (including phenoxy) is 1. The Morgan fingerprint density at radius 1 is 1.29 bits per heavy atom. The Bertz CT molecular complexity index is 1320. The van der Waals surface area contributed by atoms with Gasteiger partial charge >= 0.3 is 5.97 Å². The van der Waals surface area contributed by atoms with Crippen molar-refractivity contribution < 1.29 is 14.6 Å². The summed E-state index contributed by atoms with van der Waals surface area (Å²) in [6, 6.07) is 6.74. The van der Waals surface area contributed by atoms with Crippen LogP contribution in [0.4, 0.5) is 5.69 Å². The molecule has 3 aromatic rings. The Morgan fingerprint density at radius 2 is 2.07 bits per heavy atom. The van der Waals surface area contributed by atoms with Crippen molar-refractivity contribution in [2.75, 3.05) is 5.73 Å². The average molecular weight is 379 g/mol. The van der Waals surface area contributed by atoms with Gasteiger partial charge in [-0.1, -0.05) is 13.0 Å². The summed E-state index contributed by atoms with van der Waals surface area (Å²) in [6.45, 7) is 1.54. The van der Waals surface area contributed by atoms with E-state index in [9.17, 15) is 19.5 Å². The number of esters is 1. The van der Waals surface area contributed by atoms with Crippen molar-refractivity contribution in [2.24, 2.45) is 0 Å². The van der Waals surface area contributed by atoms with Gasteiger partial charge in [0.2, 0.25) is 0 Å². The highest BCUT2D eigenvalue weighted by Gasteiger charge is 2.45. The van der Waals surface area contributed by atoms with Crippen molar-refractivity contribution in [3.8, 4) is 11.4 Å². The minimum absolute atomic E-state index is 0.0688. The molecule has 4 N–H and O–H groups in total. The number of nitrogens with two attached hydrogens (primary N) is 1. The smallest absolute Gasteiger partial charge is 0.343 e. The fraction of sp³-hybridized carbons (Fsp3) is 0.250. The first-order valence-electron chi connectivity index (χ1n) is 8.97. The molecule has 0 unspecified atom stereocenters. The normalized spacial score (nSPS) is 19.9. The van der Waals surface area contributed by atoms with Crippen LogP contribution in [-0.4, -0.2) is 20.6 Å². The number of hydrogen-bond donors (Lipinski definition) is 3. The van der Waals surface area contributed by atoms with E-state index < -0.39 is 11.6 Å². The highest BCUT2D eigenvalue weighted by molar-refractivity contribution is 5.93. The number of aromatic nitrogens is 2. The van der Waals surface area contributed by atoms with Gasteiger partial charge in [0.1, 0.15) is 6.61 Å². The number of rotatable bonds is 1. The quantitative estimate of drug-likeness (QED) is 0.334. The number of aromatic amines is 1. The topological polar surface area (TPSA) is 127 Å². The highest BCUT2D eigenvalue weighted by atomic mass is 16.6. The van der Waals surface area contributed by atoms with Gasteiger partial charge in [0.05, 0.1) is 34.4 Å². The van der Waals surface area contributed by atoms with E-state index >= 15 is 0 Å². The summed E-state index contributed by atoms with van der Waals surface area (Å²) in [4.78, 5) is 41.5. The van der Waals surface area contributed by atoms with E-state index in [1.54, 1.807) is 31.2 Å². The molecular formula is C20H17N3O5. The van der Waals surface area contributed by atoms with E-state index in [0.29, 0.717) is 33.5 Å². The summed E-state index contributed by atoms with van der Waals surface area (Å²) < 4.78 is 6.51. The fourth-order valence-electron chi connectivity index (χ4n) is 4.19. The minimum atomic E-state index is -1.88. The van der Waals surface area contributed by atoms with Crippen molar-refractivity contribution in [1.29, 1.82) is 0 Å². The minimum Gasteiger partial charge on any atom is -0.458 e. The fourth-order valence-corrected chi connectivity index (χ4v) is 4.19. The lowest BCUT2D eigenvalue weighted by Crippen LogP contribution is -2.44. The second kappa shape index (κ2) is 5.32. The number of benzene rings is 1. The molecule has 8 heteroatoms. The lowest BCUT2D eigenvalue weighted by atomic mass is 9.86. The predicted molar refractivity (Wildman–Crippen MR) is 102 cm³/mol. The molecule has 142 valence electrons. The number of fused-ring (bicyclic) bond motifs is 5. The molecule has 5 rings (SSSR count). The van der Waals surface area contributed by atoms with Gasteiger partial charge in [-0.25, -0.2) is 4.79 Å². The summed E-state index contributed by atoms with van der Waals surface area (Å²) >= 11 is 0. The first-order valence-corrected chi connectivity index (χ1v) is 8.97. The van der Waals surface area contributed by atoms with Crippen LogP contribution in [0.25, 0.3) is 22.3 Å². The number of aliphatic hydroxyl groups is 1. The molecule has 0 fully saturated rings. The lowest BCUT2D eigenvalue weighted by molar-refractivity contribution is -0.172. The molecule has 1 aromatic carbocycles. The molecule has 0 aliphatic carbocycles. The third-order valence-corrected chi connectivity index (χ3v) is 5.77. The van der Waals surface area contributed by atoms with E-state index in [4.69, 9.17) is 10.5 Å². The standard InChI is InChI=1S/C20H17N3O5/c1-2-20(27)11-6-14-16-9(7-23(14)18(25)10(11)8-28-19(20)26)17(24)15-12(21)4-3-5-13(15)22-16/h3-6,27H,2,7-8,21H2,1H3,(H,22,24)/t20-/m0/s1. The molecule has 2 aromatic heterocycles. The molecule has 0 amide bonds. The largest absolute Gasteiger partial charge is 0.458 e. The molecule has 0 saturated heterocycles. The van der Waals surface area contributed by atoms with Crippen LogP contribution in [0, 0.1) is 0 Å². The van der Waals surface area contributed by atoms with Crippen LogP contribution in [0.3, 0.4) is 0 Å². The molecule has 0 saturated carbocycles. The zero-order chi connectivity index (χ0) is 19.8. The molecule has 2 aliphatic rings. The molecule has 1 atom stereocenters. The molecule has 8 nitrogen and oxygen atoms in total. The van der Waals surface area contributed by atoms with Crippen molar-refractivity contribution in [2.45, 2.75) is 32.1 Å². The summed E-state index contributed by atoms with van der Waals surface area (Å²) in [5.74, 6) is -0.773. The summed E-state index contributed by atoms with van der Waals surface area (Å²) in [5, 5.41) is 11.2. The van der Waals surface area contributed by atoms with Crippen molar-refractivity contribution in [3.63, 3.8) is 0 Å². The van der Waals surface area contributed by atoms with Gasteiger partial charge in [-0.15, -0.1) is 0 Å². The van der Waals surface area contributed by atoms with E-state index in [1.165, 1.54) is 4.57 Å². The summed E-state index contributed by atoms with van der Waals surface area (Å²) in [7, 11) is 0. The maximum atomic E-state index is 13.1. The van der Waals surface area contributed by atoms with E-state index in [2.05, 4.69) is 4.98 Å². The van der Waals surface area contributed by atoms with Gasteiger partial charge in [-0.2, -0.15) is 0 Å². The van der Waals surface area contributed by atoms with Crippen LogP contribution in [0.2, 0.25) is 0 Å². The monoisotopic (exact) mass is 379 g/mol. The molecule has 2 aliphatic heterocycles. The van der Waals surface area contributed by atoms with E-state index in [-0.39, 0.29) is 41.7 Å². The Hall–Kier alpha value is -3.39. The number of nitrogen functional groups attached to an aromatic ring is 1. The molecule has 0 spiro atoms. The van der Waals surface area contributed by atoms with Crippen LogP contribution in [0.15, 0.2) is 33.9 Å². The van der Waals surface area contributed by atoms with Crippen LogP contribution in [-0.2, 0) is 28.3 Å². The van der Waals surface area contributed by atoms with Gasteiger partial charge in [-0.05, 0) is 24.6 Å². The number of hydrogen-bond acceptors (Lipinski definition) is 6. The van der Waals surface area contributed by atoms with Crippen molar-refractivity contribution in [3.05, 3.63) is 61.5 Å². The predicted octanol–water partition coefficient (Wildman–Crippen LogP) is 0.955. The zero-order valence-corrected chi connectivity index (χ0v) is 15.0. The van der Waals surface area contributed by atoms with Crippen LogP contribution < -0.4 is 16.7 Å². The third-order valence-electron chi connectivity index (χ3n) is 5.77. The number of nitrogens with zero attached hydrogens (tertiary/aromatic N) is 1. The number of cyclic esters (lactones) is 1. The second-order valence-electron chi connectivity index (χ2n) is 7.18. The highest BCUT2D eigenvalue weighted by Crippen LogP contribution is 2.37. The SMILES string of the molecule is CC[C@@]1(O)C(=O)OCc2c1cc1n(c2=O)Cc2c-1[nH]c1cccc(N)c1c2=O. The van der Waals surface area contributed by atoms with Crippen molar-refractivity contribution in [1.82, 2.24) is 9.55 Å². The Balaban J connectivity index is 1.86. The number of carbonyl (C=O) groups excluding carboxylic acids is 1. The molecule has 0 radical (unpaired) electrons. The van der Waals surface area contributed by atoms with Crippen LogP contribution >= 0.6 is 0 Å². The molecule has 0 bridgehead atoms. The summed E-state index contributed by atoms with van der Waals surface area (Å²) in [5.41, 5.74) is 6.27. The number of pyridine rings is 2. The summed E-state index contributed by atoms with van der Waals surface area (Å²) in [6.07, 6.45) is 0.0688. The number of carbonyl (C=O) groups is 1. The van der Waals surface area contributed by atoms with Crippen LogP contribution in [0.1, 0.15) is 30.0 Å². The Labute approximate surface area is 158 Å². The molecule has 4 heterocycles. The lowest BCUT2D eigenvalue weighted by Gasteiger charge is -2.31. The van der Waals surface area contributed by atoms with Gasteiger partial charge in [0.15, 0.2) is 11.0 Å². The first kappa shape index (κ1) is 16.8. The number of anilines is 1. The maximum Gasteiger partial charge on any atom is 0.343 e. The Kier molecular flexibility index (Phi) is 3.19. The Morgan fingerprint density at radius 3 is 2.82 bits per heavy atom. The number of nitrogens with one attached hydrogen (secondary N) is 1. The van der Waals surface area contributed by atoms with E-state index in [0.717, 1.165) is 0 Å². The van der Waals surface area contributed by atoms with Gasteiger partial charge in [0, 0.05) is 16.8 Å². The van der Waals surface area contributed by atoms with Crippen molar-refractivity contribution >= 4 is 22.6 Å². The first-order chi connectivity index (χ1) is 13.4. The second-order valence-corrected chi connectivity index (χ2v) is 7.18. The molecular weight excluding hydrogens is 362 g/mol. The average Bonchev–Trinajstić information content (AvgIpc) is 3.05. The zero-order valence-electron chi connectivity index (χ0n) is 15.0. The van der Waals surface area contributed by atoms with Gasteiger partial charge < -0.3 is 25.1 Å². The van der Waals surface area contributed by atoms with Gasteiger partial charge in [-0.3, -0.25) is 9.59 Å².